The Kier molecular flexibility index (Phi) is 6.89. The van der Waals surface area contributed by atoms with Gasteiger partial charge in [0.15, 0.2) is 0 Å². The first-order valence-corrected chi connectivity index (χ1v) is 12.7. The molecule has 12 heteroatoms. The average molecular weight is 491 g/mol. The third-order valence-corrected chi connectivity index (χ3v) is 8.61. The molecule has 1 saturated heterocycles. The number of nitrogens with zero attached hydrogens (tertiary/aromatic N) is 1. The lowest BCUT2D eigenvalue weighted by Gasteiger charge is -2.20. The van der Waals surface area contributed by atoms with E-state index in [2.05, 4.69) is 4.72 Å². The zero-order valence-electron chi connectivity index (χ0n) is 16.2. The van der Waals surface area contributed by atoms with E-state index in [0.717, 1.165) is 25.7 Å². The second-order valence-corrected chi connectivity index (χ2v) is 11.0. The second-order valence-electron chi connectivity index (χ2n) is 7.02. The predicted molar refractivity (Wildman–Crippen MR) is 113 cm³/mol. The molecule has 0 unspecified atom stereocenters. The van der Waals surface area contributed by atoms with Crippen LogP contribution in [-0.2, 0) is 20.0 Å². The van der Waals surface area contributed by atoms with Gasteiger partial charge in [0.1, 0.15) is 10.7 Å². The highest BCUT2D eigenvalue weighted by Gasteiger charge is 2.26. The van der Waals surface area contributed by atoms with Gasteiger partial charge in [-0.1, -0.05) is 24.4 Å². The van der Waals surface area contributed by atoms with Crippen molar-refractivity contribution in [2.24, 2.45) is 0 Å². The van der Waals surface area contributed by atoms with Crippen molar-refractivity contribution >= 4 is 43.3 Å². The Hall–Kier alpha value is -2.21. The van der Waals surface area contributed by atoms with E-state index in [1.54, 1.807) is 0 Å². The quantitative estimate of drug-likeness (QED) is 0.638. The number of anilines is 1. The van der Waals surface area contributed by atoms with Gasteiger partial charge in [0.2, 0.25) is 10.0 Å². The minimum absolute atomic E-state index is 0.0327. The van der Waals surface area contributed by atoms with Gasteiger partial charge in [-0.2, -0.15) is 4.31 Å². The fourth-order valence-corrected chi connectivity index (χ4v) is 6.35. The van der Waals surface area contributed by atoms with Crippen LogP contribution < -0.4 is 4.72 Å². The topological polar surface area (TPSA) is 121 Å². The number of nitrogens with one attached hydrogen (secondary N) is 1. The Morgan fingerprint density at radius 2 is 1.58 bits per heavy atom. The largest absolute Gasteiger partial charge is 0.478 e. The minimum atomic E-state index is -4.36. The molecule has 1 heterocycles. The molecule has 0 aromatic heterocycles. The molecule has 2 N–H and O–H groups in total. The van der Waals surface area contributed by atoms with Crippen LogP contribution in [0.25, 0.3) is 0 Å². The molecule has 168 valence electrons. The molecule has 0 radical (unpaired) electrons. The number of carboxylic acid groups (broad SMARTS) is 1. The fourth-order valence-electron chi connectivity index (χ4n) is 3.24. The van der Waals surface area contributed by atoms with Crippen LogP contribution in [0.1, 0.15) is 36.0 Å². The van der Waals surface area contributed by atoms with Crippen molar-refractivity contribution in [2.75, 3.05) is 17.8 Å². The fraction of sp³-hybridized carbons (Fsp3) is 0.316. The highest BCUT2D eigenvalue weighted by molar-refractivity contribution is 7.92. The molecule has 0 saturated carbocycles. The number of aromatic carboxylic acids is 1. The third-order valence-electron chi connectivity index (χ3n) is 4.85. The van der Waals surface area contributed by atoms with E-state index in [4.69, 9.17) is 16.7 Å². The molecule has 31 heavy (non-hydrogen) atoms. The highest BCUT2D eigenvalue weighted by Crippen LogP contribution is 2.28. The van der Waals surface area contributed by atoms with Crippen molar-refractivity contribution < 1.29 is 31.1 Å². The van der Waals surface area contributed by atoms with Crippen molar-refractivity contribution in [3.8, 4) is 0 Å². The monoisotopic (exact) mass is 490 g/mol. The van der Waals surface area contributed by atoms with E-state index >= 15 is 0 Å². The Bertz CT molecular complexity index is 1190. The lowest BCUT2D eigenvalue weighted by Crippen LogP contribution is -2.31. The summed E-state index contributed by atoms with van der Waals surface area (Å²) < 4.78 is 68.2. The van der Waals surface area contributed by atoms with Gasteiger partial charge >= 0.3 is 5.97 Å². The summed E-state index contributed by atoms with van der Waals surface area (Å²) in [5.41, 5.74) is -0.809. The van der Waals surface area contributed by atoms with Crippen LogP contribution in [0.2, 0.25) is 5.02 Å². The molecular formula is C19H20ClFN2O6S2. The molecule has 2 aromatic rings. The van der Waals surface area contributed by atoms with Gasteiger partial charge in [0, 0.05) is 18.8 Å². The summed E-state index contributed by atoms with van der Waals surface area (Å²) in [5.74, 6) is -2.81. The number of halogens is 2. The molecule has 2 aromatic carbocycles. The van der Waals surface area contributed by atoms with Gasteiger partial charge in [0.25, 0.3) is 10.0 Å². The van der Waals surface area contributed by atoms with Crippen LogP contribution >= 0.6 is 11.6 Å². The Morgan fingerprint density at radius 1 is 1.00 bits per heavy atom. The standard InChI is InChI=1S/C19H20ClFN2O6S2/c20-16-12-17(21)15(19(24)25)11-18(16)30(26,27)22-13-5-7-14(8-6-13)31(28,29)23-9-3-1-2-4-10-23/h5-8,11-12,22H,1-4,9-10H2,(H,24,25). The Balaban J connectivity index is 1.85. The van der Waals surface area contributed by atoms with Gasteiger partial charge in [0.05, 0.1) is 15.5 Å². The van der Waals surface area contributed by atoms with Crippen LogP contribution in [0.4, 0.5) is 10.1 Å². The first kappa shape index (κ1) is 23.5. The average Bonchev–Trinajstić information content (AvgIpc) is 2.97. The number of sulfonamides is 2. The maximum Gasteiger partial charge on any atom is 0.338 e. The molecule has 0 aliphatic carbocycles. The molecule has 0 bridgehead atoms. The Morgan fingerprint density at radius 3 is 2.13 bits per heavy atom. The van der Waals surface area contributed by atoms with Crippen LogP contribution in [-0.4, -0.2) is 45.3 Å². The van der Waals surface area contributed by atoms with Gasteiger partial charge in [-0.05, 0) is 49.2 Å². The Labute approximate surface area is 184 Å². The van der Waals surface area contributed by atoms with E-state index in [1.807, 2.05) is 0 Å². The van der Waals surface area contributed by atoms with Crippen molar-refractivity contribution in [1.82, 2.24) is 4.31 Å². The SMILES string of the molecule is O=C(O)c1cc(S(=O)(=O)Nc2ccc(S(=O)(=O)N3CCCCCC3)cc2)c(Cl)cc1F. The molecule has 0 atom stereocenters. The van der Waals surface area contributed by atoms with E-state index in [-0.39, 0.29) is 10.6 Å². The smallest absolute Gasteiger partial charge is 0.338 e. The summed E-state index contributed by atoms with van der Waals surface area (Å²) in [6, 6.07) is 6.35. The zero-order chi connectivity index (χ0) is 22.8. The maximum atomic E-state index is 13.7. The lowest BCUT2D eigenvalue weighted by molar-refractivity contribution is 0.0691. The maximum absolute atomic E-state index is 13.7. The molecule has 1 aliphatic rings. The molecule has 1 fully saturated rings. The summed E-state index contributed by atoms with van der Waals surface area (Å²) in [4.78, 5) is 10.5. The molecule has 3 rings (SSSR count). The van der Waals surface area contributed by atoms with Gasteiger partial charge in [-0.25, -0.2) is 26.0 Å². The second kappa shape index (κ2) is 9.11. The third kappa shape index (κ3) is 5.17. The number of rotatable bonds is 6. The summed E-state index contributed by atoms with van der Waals surface area (Å²) in [6.07, 6.45) is 3.52. The van der Waals surface area contributed by atoms with Crippen LogP contribution in [0.3, 0.4) is 0 Å². The first-order valence-electron chi connectivity index (χ1n) is 9.38. The van der Waals surface area contributed by atoms with Crippen molar-refractivity contribution in [3.63, 3.8) is 0 Å². The number of carbonyl (C=O) groups is 1. The van der Waals surface area contributed by atoms with Crippen molar-refractivity contribution in [2.45, 2.75) is 35.5 Å². The number of hydrogen-bond acceptors (Lipinski definition) is 5. The van der Waals surface area contributed by atoms with Crippen LogP contribution in [0.5, 0.6) is 0 Å². The van der Waals surface area contributed by atoms with E-state index in [1.165, 1.54) is 28.6 Å². The van der Waals surface area contributed by atoms with Gasteiger partial charge < -0.3 is 5.11 Å². The lowest BCUT2D eigenvalue weighted by atomic mass is 10.2. The summed E-state index contributed by atoms with van der Waals surface area (Å²) >= 11 is 5.80. The molecular weight excluding hydrogens is 471 g/mol. The van der Waals surface area contributed by atoms with Crippen LogP contribution in [0.15, 0.2) is 46.2 Å². The van der Waals surface area contributed by atoms with E-state index in [9.17, 15) is 26.0 Å². The molecule has 8 nitrogen and oxygen atoms in total. The van der Waals surface area contributed by atoms with E-state index in [0.29, 0.717) is 25.2 Å². The molecule has 0 spiro atoms. The summed E-state index contributed by atoms with van der Waals surface area (Å²) in [7, 11) is -8.06. The van der Waals surface area contributed by atoms with Gasteiger partial charge in [-0.15, -0.1) is 0 Å². The van der Waals surface area contributed by atoms with Gasteiger partial charge in [-0.3, -0.25) is 4.72 Å². The zero-order valence-corrected chi connectivity index (χ0v) is 18.6. The van der Waals surface area contributed by atoms with Crippen LogP contribution in [0, 0.1) is 5.82 Å². The first-order chi connectivity index (χ1) is 14.5. The predicted octanol–water partition coefficient (Wildman–Crippen LogP) is 3.54. The number of carboxylic acids is 1. The van der Waals surface area contributed by atoms with Crippen molar-refractivity contribution in [3.05, 3.63) is 52.8 Å². The molecule has 0 amide bonds. The normalized spacial score (nSPS) is 15.9. The minimum Gasteiger partial charge on any atom is -0.478 e. The highest BCUT2D eigenvalue weighted by atomic mass is 35.5. The number of benzene rings is 2. The summed E-state index contributed by atoms with van der Waals surface area (Å²) in [6.45, 7) is 0.872. The number of hydrogen-bond donors (Lipinski definition) is 2. The van der Waals surface area contributed by atoms with E-state index < -0.39 is 47.3 Å². The summed E-state index contributed by atoms with van der Waals surface area (Å²) in [5, 5.41) is 8.52. The molecule has 1 aliphatic heterocycles. The van der Waals surface area contributed by atoms with Crippen molar-refractivity contribution in [1.29, 1.82) is 0 Å².